The van der Waals surface area contributed by atoms with Gasteiger partial charge in [-0.1, -0.05) is 6.92 Å². The Morgan fingerprint density at radius 3 is 3.00 bits per heavy atom. The van der Waals surface area contributed by atoms with E-state index in [4.69, 9.17) is 10.2 Å². The van der Waals surface area contributed by atoms with Gasteiger partial charge in [-0.2, -0.15) is 4.98 Å². The first-order chi connectivity index (χ1) is 12.6. The Hall–Kier alpha value is -2.81. The molecule has 1 aromatic carbocycles. The minimum atomic E-state index is -0.899. The summed E-state index contributed by atoms with van der Waals surface area (Å²) in [6.07, 6.45) is 4.07. The monoisotopic (exact) mass is 370 g/mol. The van der Waals surface area contributed by atoms with Crippen LogP contribution in [0.4, 0.5) is 17.5 Å². The zero-order chi connectivity index (χ0) is 18.1. The minimum Gasteiger partial charge on any atom is -0.421 e. The van der Waals surface area contributed by atoms with Crippen molar-refractivity contribution in [2.45, 2.75) is 31.1 Å². The van der Waals surface area contributed by atoms with E-state index in [1.807, 2.05) is 25.1 Å². The Bertz CT molecular complexity index is 987. The summed E-state index contributed by atoms with van der Waals surface area (Å²) < 4.78 is 17.5. The van der Waals surface area contributed by atoms with Crippen LogP contribution < -0.4 is 11.1 Å². The minimum absolute atomic E-state index is 0.257. The maximum absolute atomic E-state index is 12.0. The fraction of sp³-hybridized carbons (Fsp3) is 0.294. The van der Waals surface area contributed by atoms with Crippen LogP contribution in [-0.4, -0.2) is 30.1 Å². The molecule has 0 amide bonds. The van der Waals surface area contributed by atoms with Crippen LogP contribution in [-0.2, 0) is 23.6 Å². The van der Waals surface area contributed by atoms with Crippen LogP contribution >= 0.6 is 0 Å². The fourth-order valence-corrected chi connectivity index (χ4v) is 4.13. The smallest absolute Gasteiger partial charge is 0.253 e. The molecule has 0 bridgehead atoms. The van der Waals surface area contributed by atoms with Crippen molar-refractivity contribution in [1.82, 2.24) is 20.2 Å². The molecular weight excluding hydrogens is 352 g/mol. The summed E-state index contributed by atoms with van der Waals surface area (Å²) in [5.74, 6) is 2.21. The standard InChI is InChI=1S/C17H18N6O2S/c1-2-14-22-23-16(25-14)12-9-19-17(21-15(12)18)20-11-5-6-13-10(8-11)4-3-7-26(13)24/h5-6,8-9H,2-4,7H2,1H3,(H3,18,19,20,21). The molecule has 0 spiro atoms. The number of fused-ring (bicyclic) bond motifs is 1. The van der Waals surface area contributed by atoms with Crippen LogP contribution in [0.5, 0.6) is 0 Å². The second kappa shape index (κ2) is 6.83. The Kier molecular flexibility index (Phi) is 4.37. The Morgan fingerprint density at radius 2 is 2.23 bits per heavy atom. The number of rotatable bonds is 4. The van der Waals surface area contributed by atoms with Crippen molar-refractivity contribution in [3.8, 4) is 11.5 Å². The number of nitrogens with one attached hydrogen (secondary N) is 1. The second-order valence-electron chi connectivity index (χ2n) is 5.95. The molecule has 1 aliphatic rings. The Balaban J connectivity index is 1.57. The molecular formula is C17H18N6O2S. The first kappa shape index (κ1) is 16.6. The van der Waals surface area contributed by atoms with Gasteiger partial charge in [0.1, 0.15) is 5.82 Å². The molecule has 0 saturated heterocycles. The van der Waals surface area contributed by atoms with Gasteiger partial charge in [0.15, 0.2) is 0 Å². The molecule has 3 N–H and O–H groups in total. The average molecular weight is 370 g/mol. The quantitative estimate of drug-likeness (QED) is 0.718. The number of anilines is 3. The third-order valence-corrected chi connectivity index (χ3v) is 5.70. The summed E-state index contributed by atoms with van der Waals surface area (Å²) in [6, 6.07) is 5.77. The van der Waals surface area contributed by atoms with Crippen molar-refractivity contribution < 1.29 is 8.63 Å². The summed E-state index contributed by atoms with van der Waals surface area (Å²) in [6.45, 7) is 1.93. The van der Waals surface area contributed by atoms with E-state index in [1.54, 1.807) is 6.20 Å². The zero-order valence-electron chi connectivity index (χ0n) is 14.2. The van der Waals surface area contributed by atoms with Crippen LogP contribution in [0.1, 0.15) is 24.8 Å². The molecule has 1 aliphatic heterocycles. The number of nitrogen functional groups attached to an aromatic ring is 1. The van der Waals surface area contributed by atoms with Crippen molar-refractivity contribution in [3.63, 3.8) is 0 Å². The van der Waals surface area contributed by atoms with Gasteiger partial charge in [0.25, 0.3) is 5.89 Å². The number of nitrogens with zero attached hydrogens (tertiary/aromatic N) is 4. The first-order valence-corrected chi connectivity index (χ1v) is 9.69. The summed E-state index contributed by atoms with van der Waals surface area (Å²) in [7, 11) is -0.899. The predicted octanol–water partition coefficient (Wildman–Crippen LogP) is 2.47. The predicted molar refractivity (Wildman–Crippen MR) is 98.4 cm³/mol. The van der Waals surface area contributed by atoms with Gasteiger partial charge in [-0.05, 0) is 36.6 Å². The molecule has 9 heteroatoms. The van der Waals surface area contributed by atoms with Crippen LogP contribution in [0.2, 0.25) is 0 Å². The SMILES string of the molecule is CCc1nnc(-c2cnc(Nc3ccc4c(c3)CCCS4=O)nc2N)o1. The molecule has 1 unspecified atom stereocenters. The van der Waals surface area contributed by atoms with Crippen molar-refractivity contribution in [3.05, 3.63) is 35.9 Å². The molecule has 4 rings (SSSR count). The van der Waals surface area contributed by atoms with Gasteiger partial charge in [-0.25, -0.2) is 4.98 Å². The topological polar surface area (TPSA) is 120 Å². The van der Waals surface area contributed by atoms with Gasteiger partial charge in [0, 0.05) is 29.0 Å². The molecule has 0 saturated carbocycles. The zero-order valence-corrected chi connectivity index (χ0v) is 15.0. The lowest BCUT2D eigenvalue weighted by molar-refractivity contribution is 0.512. The van der Waals surface area contributed by atoms with Gasteiger partial charge < -0.3 is 15.5 Å². The second-order valence-corrected chi connectivity index (χ2v) is 7.49. The Morgan fingerprint density at radius 1 is 1.35 bits per heavy atom. The van der Waals surface area contributed by atoms with E-state index in [0.717, 1.165) is 34.7 Å². The van der Waals surface area contributed by atoms with Gasteiger partial charge in [0.2, 0.25) is 11.8 Å². The van der Waals surface area contributed by atoms with E-state index in [0.29, 0.717) is 29.7 Å². The van der Waals surface area contributed by atoms with Gasteiger partial charge in [-0.15, -0.1) is 10.2 Å². The number of hydrogen-bond acceptors (Lipinski definition) is 8. The molecule has 8 nitrogen and oxygen atoms in total. The number of aryl methyl sites for hydroxylation is 2. The number of aromatic nitrogens is 4. The van der Waals surface area contributed by atoms with Gasteiger partial charge in [-0.3, -0.25) is 4.21 Å². The normalized spacial score (nSPS) is 16.3. The number of nitrogens with two attached hydrogens (primary N) is 1. The lowest BCUT2D eigenvalue weighted by Crippen LogP contribution is -2.10. The number of benzene rings is 1. The van der Waals surface area contributed by atoms with Crippen molar-refractivity contribution in [2.75, 3.05) is 16.8 Å². The van der Waals surface area contributed by atoms with Gasteiger partial charge >= 0.3 is 0 Å². The van der Waals surface area contributed by atoms with E-state index >= 15 is 0 Å². The lowest BCUT2D eigenvalue weighted by Gasteiger charge is -2.16. The maximum Gasteiger partial charge on any atom is 0.253 e. The van der Waals surface area contributed by atoms with E-state index in [1.165, 1.54) is 0 Å². The molecule has 26 heavy (non-hydrogen) atoms. The molecule has 0 fully saturated rings. The van der Waals surface area contributed by atoms with Crippen LogP contribution in [0.3, 0.4) is 0 Å². The highest BCUT2D eigenvalue weighted by Gasteiger charge is 2.17. The van der Waals surface area contributed by atoms with Crippen molar-refractivity contribution in [1.29, 1.82) is 0 Å². The Labute approximate surface area is 152 Å². The first-order valence-electron chi connectivity index (χ1n) is 8.37. The summed E-state index contributed by atoms with van der Waals surface area (Å²) in [5, 5.41) is 11.0. The van der Waals surface area contributed by atoms with Crippen molar-refractivity contribution in [2.24, 2.45) is 0 Å². The molecule has 0 aliphatic carbocycles. The van der Waals surface area contributed by atoms with Crippen LogP contribution in [0, 0.1) is 0 Å². The largest absolute Gasteiger partial charge is 0.421 e. The van der Waals surface area contributed by atoms with Crippen LogP contribution in [0.15, 0.2) is 33.7 Å². The molecule has 134 valence electrons. The maximum atomic E-state index is 12.0. The van der Waals surface area contributed by atoms with E-state index in [-0.39, 0.29) is 5.82 Å². The third kappa shape index (κ3) is 3.17. The average Bonchev–Trinajstić information content (AvgIpc) is 3.11. The van der Waals surface area contributed by atoms with Crippen LogP contribution in [0.25, 0.3) is 11.5 Å². The highest BCUT2D eigenvalue weighted by molar-refractivity contribution is 7.85. The van der Waals surface area contributed by atoms with E-state index in [2.05, 4.69) is 25.5 Å². The van der Waals surface area contributed by atoms with E-state index in [9.17, 15) is 4.21 Å². The molecule has 0 radical (unpaired) electrons. The third-order valence-electron chi connectivity index (χ3n) is 4.16. The molecule has 2 aromatic heterocycles. The summed E-state index contributed by atoms with van der Waals surface area (Å²) in [5.41, 5.74) is 8.46. The fourth-order valence-electron chi connectivity index (χ4n) is 2.83. The summed E-state index contributed by atoms with van der Waals surface area (Å²) >= 11 is 0. The molecule has 3 aromatic rings. The van der Waals surface area contributed by atoms with E-state index < -0.39 is 10.8 Å². The lowest BCUT2D eigenvalue weighted by atomic mass is 10.1. The van der Waals surface area contributed by atoms with Gasteiger partial charge in [0.05, 0.1) is 16.4 Å². The molecule has 1 atom stereocenters. The van der Waals surface area contributed by atoms with Crippen molar-refractivity contribution >= 4 is 28.3 Å². The summed E-state index contributed by atoms with van der Waals surface area (Å²) in [4.78, 5) is 9.48. The highest BCUT2D eigenvalue weighted by atomic mass is 32.2. The highest BCUT2D eigenvalue weighted by Crippen LogP contribution is 2.28. The molecule has 3 heterocycles. The number of hydrogen-bond donors (Lipinski definition) is 2.